The number of carboxylic acids is 1. The summed E-state index contributed by atoms with van der Waals surface area (Å²) >= 11 is 5.89. The molecule has 0 radical (unpaired) electrons. The first-order valence-corrected chi connectivity index (χ1v) is 10.4. The molecule has 4 rings (SSSR count). The topological polar surface area (TPSA) is 92.6 Å². The Hall–Kier alpha value is -2.87. The molecule has 0 aliphatic carbocycles. The molecule has 2 heterocycles. The number of hydrogen-bond acceptors (Lipinski definition) is 5. The van der Waals surface area contributed by atoms with Crippen molar-refractivity contribution in [1.82, 2.24) is 15.2 Å². The molecule has 3 N–H and O–H groups in total. The first-order valence-electron chi connectivity index (χ1n) is 10.0. The Morgan fingerprint density at radius 2 is 1.68 bits per heavy atom. The molecule has 3 aromatic rings. The zero-order valence-corrected chi connectivity index (χ0v) is 18.3. The van der Waals surface area contributed by atoms with E-state index in [0.29, 0.717) is 38.5 Å². The number of rotatable bonds is 4. The lowest BCUT2D eigenvalue weighted by atomic mass is 10.1. The summed E-state index contributed by atoms with van der Waals surface area (Å²) in [5.74, 6) is -0.583. The molecule has 0 spiro atoms. The van der Waals surface area contributed by atoms with Crippen LogP contribution in [-0.2, 0) is 11.2 Å². The third-order valence-electron chi connectivity index (χ3n) is 5.12. The molecule has 164 valence electrons. The van der Waals surface area contributed by atoms with Gasteiger partial charge >= 0.3 is 5.97 Å². The van der Waals surface area contributed by atoms with Gasteiger partial charge in [-0.25, -0.2) is 0 Å². The minimum atomic E-state index is -0.955. The maximum Gasteiger partial charge on any atom is 0.307 e. The highest BCUT2D eigenvalue weighted by atomic mass is 35.5. The predicted molar refractivity (Wildman–Crippen MR) is 121 cm³/mol. The summed E-state index contributed by atoms with van der Waals surface area (Å²) in [5.41, 5.74) is 2.32. The van der Waals surface area contributed by atoms with Crippen LogP contribution in [0.25, 0.3) is 10.9 Å². The van der Waals surface area contributed by atoms with Gasteiger partial charge in [-0.1, -0.05) is 11.6 Å². The van der Waals surface area contributed by atoms with Crippen LogP contribution in [0.3, 0.4) is 0 Å². The SMILES string of the molecule is C1CNCCN1.COc1ccc2c(c1)c(CC(=O)O)c(C)n2C(=O)c1ccc(Cl)cc1. The Morgan fingerprint density at radius 1 is 1.06 bits per heavy atom. The Balaban J connectivity index is 0.000000391. The lowest BCUT2D eigenvalue weighted by Gasteiger charge is -2.11. The molecule has 0 bridgehead atoms. The van der Waals surface area contributed by atoms with E-state index in [1.54, 1.807) is 56.5 Å². The summed E-state index contributed by atoms with van der Waals surface area (Å²) in [4.78, 5) is 24.3. The fourth-order valence-corrected chi connectivity index (χ4v) is 3.68. The van der Waals surface area contributed by atoms with E-state index in [9.17, 15) is 14.7 Å². The third kappa shape index (κ3) is 5.44. The summed E-state index contributed by atoms with van der Waals surface area (Å²) in [5, 5.41) is 16.9. The lowest BCUT2D eigenvalue weighted by molar-refractivity contribution is -0.136. The van der Waals surface area contributed by atoms with Gasteiger partial charge in [0.1, 0.15) is 5.75 Å². The van der Waals surface area contributed by atoms with Crippen molar-refractivity contribution in [2.24, 2.45) is 0 Å². The Labute approximate surface area is 186 Å². The van der Waals surface area contributed by atoms with Crippen molar-refractivity contribution in [2.45, 2.75) is 13.3 Å². The van der Waals surface area contributed by atoms with E-state index >= 15 is 0 Å². The van der Waals surface area contributed by atoms with Crippen molar-refractivity contribution < 1.29 is 19.4 Å². The molecule has 1 fully saturated rings. The van der Waals surface area contributed by atoms with Crippen LogP contribution in [0.5, 0.6) is 5.75 Å². The quantitative estimate of drug-likeness (QED) is 0.573. The molecular formula is C23H26ClN3O4. The van der Waals surface area contributed by atoms with Gasteiger partial charge in [-0.2, -0.15) is 0 Å². The van der Waals surface area contributed by atoms with Crippen molar-refractivity contribution >= 4 is 34.4 Å². The number of nitrogens with zero attached hydrogens (tertiary/aromatic N) is 1. The second-order valence-corrected chi connectivity index (χ2v) is 7.60. The highest BCUT2D eigenvalue weighted by molar-refractivity contribution is 6.30. The molecule has 8 heteroatoms. The summed E-state index contributed by atoms with van der Waals surface area (Å²) < 4.78 is 6.77. The van der Waals surface area contributed by atoms with Crippen LogP contribution in [-0.4, -0.2) is 54.8 Å². The first-order chi connectivity index (χ1) is 14.9. The molecule has 7 nitrogen and oxygen atoms in total. The van der Waals surface area contributed by atoms with Crippen LogP contribution >= 0.6 is 11.6 Å². The molecular weight excluding hydrogens is 418 g/mol. The van der Waals surface area contributed by atoms with Gasteiger partial charge in [-0.3, -0.25) is 14.2 Å². The van der Waals surface area contributed by atoms with Gasteiger partial charge < -0.3 is 20.5 Å². The number of carbonyl (C=O) groups is 2. The van der Waals surface area contributed by atoms with Gasteiger partial charge in [0.2, 0.25) is 0 Å². The monoisotopic (exact) mass is 443 g/mol. The zero-order valence-electron chi connectivity index (χ0n) is 17.6. The van der Waals surface area contributed by atoms with Crippen LogP contribution in [0.2, 0.25) is 5.02 Å². The summed E-state index contributed by atoms with van der Waals surface area (Å²) in [6, 6.07) is 11.9. The van der Waals surface area contributed by atoms with E-state index in [4.69, 9.17) is 16.3 Å². The third-order valence-corrected chi connectivity index (χ3v) is 5.37. The van der Waals surface area contributed by atoms with Gasteiger partial charge in [0.25, 0.3) is 5.91 Å². The maximum absolute atomic E-state index is 13.0. The molecule has 0 saturated carbocycles. The average molecular weight is 444 g/mol. The van der Waals surface area contributed by atoms with Crippen molar-refractivity contribution in [3.63, 3.8) is 0 Å². The van der Waals surface area contributed by atoms with Crippen LogP contribution in [0, 0.1) is 6.92 Å². The number of hydrogen-bond donors (Lipinski definition) is 3. The standard InChI is InChI=1S/C19H16ClNO4.C4H10N2/c1-11-15(10-18(22)23)16-9-14(25-2)7-8-17(16)21(11)19(24)12-3-5-13(20)6-4-12;1-2-6-4-3-5-1/h3-9H,10H2,1-2H3,(H,22,23);5-6H,1-4H2. The van der Waals surface area contributed by atoms with E-state index in [1.165, 1.54) is 4.57 Å². The highest BCUT2D eigenvalue weighted by Crippen LogP contribution is 2.30. The highest BCUT2D eigenvalue weighted by Gasteiger charge is 2.21. The molecule has 0 atom stereocenters. The Kier molecular flexibility index (Phi) is 7.68. The van der Waals surface area contributed by atoms with E-state index < -0.39 is 5.97 Å². The summed E-state index contributed by atoms with van der Waals surface area (Å²) in [6.45, 7) is 6.30. The average Bonchev–Trinajstić information content (AvgIpc) is 3.05. The number of methoxy groups -OCH3 is 1. The summed E-state index contributed by atoms with van der Waals surface area (Å²) in [6.07, 6.45) is -0.170. The number of carboxylic acid groups (broad SMARTS) is 1. The number of aliphatic carboxylic acids is 1. The first kappa shape index (κ1) is 22.8. The molecule has 0 unspecified atom stereocenters. The largest absolute Gasteiger partial charge is 0.497 e. The Morgan fingerprint density at radius 3 is 2.19 bits per heavy atom. The second-order valence-electron chi connectivity index (χ2n) is 7.17. The maximum atomic E-state index is 13.0. The van der Waals surface area contributed by atoms with Gasteiger partial charge in [0.15, 0.2) is 0 Å². The zero-order chi connectivity index (χ0) is 22.4. The van der Waals surface area contributed by atoms with E-state index in [0.717, 1.165) is 26.2 Å². The van der Waals surface area contributed by atoms with Crippen LogP contribution in [0.1, 0.15) is 21.6 Å². The number of fused-ring (bicyclic) bond motifs is 1. The molecule has 1 aliphatic heterocycles. The molecule has 1 aliphatic rings. The number of nitrogens with one attached hydrogen (secondary N) is 2. The van der Waals surface area contributed by atoms with Gasteiger partial charge in [0.05, 0.1) is 19.0 Å². The second kappa shape index (κ2) is 10.4. The number of benzene rings is 2. The minimum Gasteiger partial charge on any atom is -0.497 e. The minimum absolute atomic E-state index is 0.170. The van der Waals surface area contributed by atoms with Gasteiger partial charge in [-0.05, 0) is 55.0 Å². The molecule has 1 aromatic heterocycles. The van der Waals surface area contributed by atoms with Crippen LogP contribution < -0.4 is 15.4 Å². The van der Waals surface area contributed by atoms with Crippen LogP contribution in [0.4, 0.5) is 0 Å². The normalized spacial score (nSPS) is 13.4. The number of carbonyl (C=O) groups excluding carboxylic acids is 1. The lowest BCUT2D eigenvalue weighted by Crippen LogP contribution is -2.39. The van der Waals surface area contributed by atoms with Crippen molar-refractivity contribution in [3.05, 3.63) is 64.3 Å². The number of piperazine rings is 1. The van der Waals surface area contributed by atoms with E-state index in [-0.39, 0.29) is 12.3 Å². The molecule has 1 saturated heterocycles. The number of halogens is 1. The van der Waals surface area contributed by atoms with Gasteiger partial charge in [0, 0.05) is 47.8 Å². The number of aromatic nitrogens is 1. The fourth-order valence-electron chi connectivity index (χ4n) is 3.55. The van der Waals surface area contributed by atoms with Crippen molar-refractivity contribution in [2.75, 3.05) is 33.3 Å². The van der Waals surface area contributed by atoms with E-state index in [1.807, 2.05) is 0 Å². The summed E-state index contributed by atoms with van der Waals surface area (Å²) in [7, 11) is 1.54. The molecule has 0 amide bonds. The molecule has 2 aromatic carbocycles. The fraction of sp³-hybridized carbons (Fsp3) is 0.304. The predicted octanol–water partition coefficient (Wildman–Crippen LogP) is 3.11. The molecule has 31 heavy (non-hydrogen) atoms. The van der Waals surface area contributed by atoms with E-state index in [2.05, 4.69) is 10.6 Å². The van der Waals surface area contributed by atoms with Gasteiger partial charge in [-0.15, -0.1) is 0 Å². The number of ether oxygens (including phenoxy) is 1. The Bertz CT molecular complexity index is 1060. The van der Waals surface area contributed by atoms with Crippen molar-refractivity contribution in [1.29, 1.82) is 0 Å². The smallest absolute Gasteiger partial charge is 0.307 e. The van der Waals surface area contributed by atoms with Crippen LogP contribution in [0.15, 0.2) is 42.5 Å². The van der Waals surface area contributed by atoms with Crippen molar-refractivity contribution in [3.8, 4) is 5.75 Å².